The van der Waals surface area contributed by atoms with Gasteiger partial charge in [0.05, 0.1) is 31.0 Å². The van der Waals surface area contributed by atoms with Crippen LogP contribution in [0, 0.1) is 11.3 Å². The molecular weight excluding hydrogens is 456 g/mol. The summed E-state index contributed by atoms with van der Waals surface area (Å²) in [6.45, 7) is 3.82. The highest BCUT2D eigenvalue weighted by Gasteiger charge is 2.23. The van der Waals surface area contributed by atoms with Crippen LogP contribution in [-0.4, -0.2) is 58.8 Å². The molecule has 2 aliphatic rings. The van der Waals surface area contributed by atoms with Gasteiger partial charge in [0, 0.05) is 41.8 Å². The van der Waals surface area contributed by atoms with Gasteiger partial charge in [0.1, 0.15) is 18.0 Å². The predicted octanol–water partition coefficient (Wildman–Crippen LogP) is 3.92. The number of ether oxygens (including phenoxy) is 1. The van der Waals surface area contributed by atoms with Crippen molar-refractivity contribution in [2.24, 2.45) is 0 Å². The zero-order valence-electron chi connectivity index (χ0n) is 19.6. The van der Waals surface area contributed by atoms with Gasteiger partial charge in [-0.15, -0.1) is 0 Å². The predicted molar refractivity (Wildman–Crippen MR) is 134 cm³/mol. The largest absolute Gasteiger partial charge is 0.378 e. The maximum atomic E-state index is 11.9. The van der Waals surface area contributed by atoms with Crippen LogP contribution in [0.3, 0.4) is 0 Å². The first kappa shape index (κ1) is 22.1. The number of anilines is 1. The first-order valence-corrected chi connectivity index (χ1v) is 12.0. The Morgan fingerprint density at radius 1 is 1.00 bits per heavy atom. The fourth-order valence-electron chi connectivity index (χ4n) is 4.68. The monoisotopic (exact) mass is 480 g/mol. The minimum atomic E-state index is -0.0710. The molecule has 4 heterocycles. The third-order valence-corrected chi connectivity index (χ3v) is 6.59. The van der Waals surface area contributed by atoms with E-state index < -0.39 is 0 Å². The van der Waals surface area contributed by atoms with Crippen molar-refractivity contribution in [3.05, 3.63) is 60.4 Å². The summed E-state index contributed by atoms with van der Waals surface area (Å²) in [5.74, 6) is 0.287. The lowest BCUT2D eigenvalue weighted by Crippen LogP contribution is -2.36. The van der Waals surface area contributed by atoms with Gasteiger partial charge in [0.2, 0.25) is 0 Å². The maximum Gasteiger partial charge on any atom is 0.255 e. The number of aromatic nitrogens is 3. The number of benzene rings is 2. The summed E-state index contributed by atoms with van der Waals surface area (Å²) in [6, 6.07) is 18.0. The molecule has 0 radical (unpaired) electrons. The highest BCUT2D eigenvalue weighted by atomic mass is 16.7. The number of rotatable bonds is 5. The molecule has 2 aromatic carbocycles. The van der Waals surface area contributed by atoms with E-state index in [4.69, 9.17) is 9.57 Å². The van der Waals surface area contributed by atoms with Crippen molar-refractivity contribution in [2.75, 3.05) is 37.7 Å². The number of aromatic amines is 1. The smallest absolute Gasteiger partial charge is 0.255 e. The van der Waals surface area contributed by atoms with E-state index >= 15 is 0 Å². The molecule has 0 bridgehead atoms. The van der Waals surface area contributed by atoms with Crippen LogP contribution < -0.4 is 9.74 Å². The number of nitrogens with one attached hydrogen (secondary N) is 1. The third kappa shape index (κ3) is 4.12. The molecule has 0 unspecified atom stereocenters. The molecule has 0 spiro atoms. The number of nitrogens with zero attached hydrogens (tertiary/aromatic N) is 5. The van der Waals surface area contributed by atoms with Gasteiger partial charge in [-0.1, -0.05) is 12.1 Å². The zero-order valence-corrected chi connectivity index (χ0v) is 19.6. The molecule has 1 amide bonds. The maximum absolute atomic E-state index is 11.9. The first-order chi connectivity index (χ1) is 17.7. The van der Waals surface area contributed by atoms with Crippen LogP contribution in [0.1, 0.15) is 18.4 Å². The van der Waals surface area contributed by atoms with Crippen molar-refractivity contribution in [1.29, 1.82) is 5.26 Å². The summed E-state index contributed by atoms with van der Waals surface area (Å²) in [7, 11) is 0. The number of carbonyl (C=O) groups is 1. The van der Waals surface area contributed by atoms with Gasteiger partial charge in [-0.05, 0) is 48.4 Å². The van der Waals surface area contributed by atoms with Gasteiger partial charge in [-0.25, -0.2) is 9.97 Å². The van der Waals surface area contributed by atoms with Crippen molar-refractivity contribution in [3.63, 3.8) is 0 Å². The molecule has 1 N–H and O–H groups in total. The molecule has 180 valence electrons. The molecule has 0 saturated carbocycles. The van der Waals surface area contributed by atoms with E-state index in [1.165, 1.54) is 17.1 Å². The zero-order chi connectivity index (χ0) is 24.5. The Kier molecular flexibility index (Phi) is 5.71. The molecule has 4 aromatic rings. The van der Waals surface area contributed by atoms with Gasteiger partial charge in [-0.3, -0.25) is 4.79 Å². The lowest BCUT2D eigenvalue weighted by Gasteiger charge is -2.28. The van der Waals surface area contributed by atoms with Gasteiger partial charge < -0.3 is 19.5 Å². The second-order valence-electron chi connectivity index (χ2n) is 8.83. The van der Waals surface area contributed by atoms with Gasteiger partial charge in [0.25, 0.3) is 5.91 Å². The molecule has 36 heavy (non-hydrogen) atoms. The fourth-order valence-corrected chi connectivity index (χ4v) is 4.68. The number of amides is 1. The second kappa shape index (κ2) is 9.32. The van der Waals surface area contributed by atoms with Crippen LogP contribution in [0.5, 0.6) is 5.75 Å². The Morgan fingerprint density at radius 2 is 1.81 bits per heavy atom. The standard InChI is InChI=1S/C27H24N6O3/c28-16-20-14-19(5-8-24(20)36-33-9-1-2-25(33)34)26-22-15-23(31-27(22)30-17-29-26)18-3-6-21(7-4-18)32-10-12-35-13-11-32/h3-8,14-15,17H,1-2,9-13H2,(H,29,30,31). The quantitative estimate of drug-likeness (QED) is 0.461. The Hall–Kier alpha value is -4.42. The average Bonchev–Trinajstić information content (AvgIpc) is 3.55. The van der Waals surface area contributed by atoms with E-state index in [0.29, 0.717) is 35.6 Å². The van der Waals surface area contributed by atoms with Crippen molar-refractivity contribution in [2.45, 2.75) is 12.8 Å². The number of carbonyl (C=O) groups excluding carboxylic acids is 1. The molecule has 0 atom stereocenters. The van der Waals surface area contributed by atoms with E-state index in [1.54, 1.807) is 12.1 Å². The molecule has 2 aliphatic heterocycles. The van der Waals surface area contributed by atoms with E-state index in [9.17, 15) is 10.1 Å². The van der Waals surface area contributed by atoms with Gasteiger partial charge in [-0.2, -0.15) is 10.3 Å². The number of hydrogen-bond donors (Lipinski definition) is 1. The summed E-state index contributed by atoms with van der Waals surface area (Å²) < 4.78 is 5.45. The molecule has 2 aromatic heterocycles. The van der Waals surface area contributed by atoms with Crippen molar-refractivity contribution in [3.8, 4) is 34.3 Å². The SMILES string of the molecule is N#Cc1cc(-c2ncnc3[nH]c(-c4ccc(N5CCOCC5)cc4)cc23)ccc1ON1CCCC1=O. The Bertz CT molecular complexity index is 1470. The molecular formula is C27H24N6O3. The average molecular weight is 481 g/mol. The lowest BCUT2D eigenvalue weighted by molar-refractivity contribution is -0.150. The Balaban J connectivity index is 1.30. The van der Waals surface area contributed by atoms with Gasteiger partial charge in [0.15, 0.2) is 5.75 Å². The van der Waals surface area contributed by atoms with E-state index in [2.05, 4.69) is 50.2 Å². The Morgan fingerprint density at radius 3 is 2.56 bits per heavy atom. The van der Waals surface area contributed by atoms with Crippen LogP contribution in [0.2, 0.25) is 0 Å². The topological polar surface area (TPSA) is 107 Å². The highest BCUT2D eigenvalue weighted by Crippen LogP contribution is 2.33. The molecule has 2 fully saturated rings. The second-order valence-corrected chi connectivity index (χ2v) is 8.83. The summed E-state index contributed by atoms with van der Waals surface area (Å²) >= 11 is 0. The van der Waals surface area contributed by atoms with Crippen LogP contribution >= 0.6 is 0 Å². The van der Waals surface area contributed by atoms with Gasteiger partial charge >= 0.3 is 0 Å². The molecule has 6 rings (SSSR count). The van der Waals surface area contributed by atoms with Crippen LogP contribution in [0.15, 0.2) is 54.9 Å². The fraction of sp³-hybridized carbons (Fsp3) is 0.259. The minimum absolute atomic E-state index is 0.0710. The van der Waals surface area contributed by atoms with Crippen LogP contribution in [0.4, 0.5) is 5.69 Å². The molecule has 9 nitrogen and oxygen atoms in total. The number of morpholine rings is 1. The summed E-state index contributed by atoms with van der Waals surface area (Å²) in [6.07, 6.45) is 2.73. The normalized spacial score (nSPS) is 15.9. The number of nitriles is 1. The summed E-state index contributed by atoms with van der Waals surface area (Å²) in [5, 5.41) is 11.9. The number of hydroxylamine groups is 2. The first-order valence-electron chi connectivity index (χ1n) is 12.0. The van der Waals surface area contributed by atoms with E-state index in [0.717, 1.165) is 54.9 Å². The highest BCUT2D eigenvalue weighted by molar-refractivity contribution is 5.94. The Labute approximate surface area is 207 Å². The molecule has 0 aliphatic carbocycles. The summed E-state index contributed by atoms with van der Waals surface area (Å²) in [5.41, 5.74) is 5.71. The van der Waals surface area contributed by atoms with Crippen molar-refractivity contribution in [1.82, 2.24) is 20.0 Å². The molecule has 2 saturated heterocycles. The summed E-state index contributed by atoms with van der Waals surface area (Å²) in [4.78, 5) is 32.3. The van der Waals surface area contributed by atoms with E-state index in [-0.39, 0.29) is 5.91 Å². The third-order valence-electron chi connectivity index (χ3n) is 6.59. The number of H-pyrrole nitrogens is 1. The van der Waals surface area contributed by atoms with Crippen LogP contribution in [0.25, 0.3) is 33.5 Å². The van der Waals surface area contributed by atoms with Crippen molar-refractivity contribution < 1.29 is 14.4 Å². The number of hydrogen-bond acceptors (Lipinski definition) is 7. The minimum Gasteiger partial charge on any atom is -0.378 e. The molecule has 9 heteroatoms. The lowest BCUT2D eigenvalue weighted by atomic mass is 10.0. The number of fused-ring (bicyclic) bond motifs is 1. The van der Waals surface area contributed by atoms with E-state index in [1.807, 2.05) is 12.1 Å². The van der Waals surface area contributed by atoms with Crippen LogP contribution in [-0.2, 0) is 9.53 Å². The van der Waals surface area contributed by atoms with Crippen molar-refractivity contribution >= 4 is 22.6 Å².